The third-order valence-electron chi connectivity index (χ3n) is 4.48. The average molecular weight is 281 g/mol. The molecule has 0 bridgehead atoms. The van der Waals surface area contributed by atoms with Crippen LogP contribution in [0.2, 0.25) is 0 Å². The summed E-state index contributed by atoms with van der Waals surface area (Å²) < 4.78 is 0. The number of nitrogens with zero attached hydrogens (tertiary/aromatic N) is 1. The Labute approximate surface area is 127 Å². The molecule has 0 aromatic heterocycles. The molecule has 0 radical (unpaired) electrons. The molecular weight excluding hydrogens is 258 g/mol. The largest absolute Gasteiger partial charge is 0.395 e. The van der Waals surface area contributed by atoms with E-state index in [0.29, 0.717) is 12.1 Å². The molecule has 0 aliphatic carbocycles. The number of likely N-dealkylation sites (tertiary alicyclic amines) is 1. The summed E-state index contributed by atoms with van der Waals surface area (Å²) in [7, 11) is 0. The second-order valence-electron chi connectivity index (χ2n) is 5.75. The van der Waals surface area contributed by atoms with Crippen LogP contribution in [0, 0.1) is 0 Å². The molecule has 0 saturated carbocycles. The molecule has 1 aliphatic rings. The summed E-state index contributed by atoms with van der Waals surface area (Å²) in [5, 5.41) is 9.51. The molecule has 21 heavy (non-hydrogen) atoms. The molecule has 2 nitrogen and oxygen atoms in total. The number of rotatable bonds is 4. The van der Waals surface area contributed by atoms with Gasteiger partial charge in [-0.25, -0.2) is 0 Å². The molecule has 2 heteroatoms. The zero-order valence-electron chi connectivity index (χ0n) is 12.4. The maximum atomic E-state index is 9.51. The van der Waals surface area contributed by atoms with Crippen LogP contribution in [0.3, 0.4) is 0 Å². The minimum Gasteiger partial charge on any atom is -0.395 e. The Morgan fingerprint density at radius 3 is 1.71 bits per heavy atom. The van der Waals surface area contributed by atoms with Crippen molar-refractivity contribution in [2.75, 3.05) is 13.2 Å². The van der Waals surface area contributed by atoms with Gasteiger partial charge in [0.1, 0.15) is 0 Å². The van der Waals surface area contributed by atoms with Crippen molar-refractivity contribution in [2.45, 2.75) is 31.3 Å². The van der Waals surface area contributed by atoms with Crippen LogP contribution in [0.1, 0.15) is 42.5 Å². The lowest BCUT2D eigenvalue weighted by Crippen LogP contribution is -2.38. The number of aliphatic hydroxyl groups is 1. The van der Waals surface area contributed by atoms with Gasteiger partial charge < -0.3 is 5.11 Å². The smallest absolute Gasteiger partial charge is 0.0558 e. The lowest BCUT2D eigenvalue weighted by Gasteiger charge is -2.42. The average Bonchev–Trinajstić information content (AvgIpc) is 2.57. The minimum atomic E-state index is 0.215. The monoisotopic (exact) mass is 281 g/mol. The molecule has 3 rings (SSSR count). The highest BCUT2D eigenvalue weighted by Gasteiger charge is 2.31. The molecule has 2 aromatic carbocycles. The number of hydrogen-bond acceptors (Lipinski definition) is 2. The van der Waals surface area contributed by atoms with E-state index in [2.05, 4.69) is 65.6 Å². The standard InChI is InChI=1S/C19H23NO/c21-15-14-20-18(16-8-3-1-4-9-16)12-7-13-19(20)17-10-5-2-6-11-17/h1-6,8-11,18-19,21H,7,12-15H2/t18-,19-/m1/s1. The molecule has 1 saturated heterocycles. The van der Waals surface area contributed by atoms with E-state index >= 15 is 0 Å². The van der Waals surface area contributed by atoms with E-state index in [1.165, 1.54) is 30.4 Å². The summed E-state index contributed by atoms with van der Waals surface area (Å²) in [4.78, 5) is 2.48. The van der Waals surface area contributed by atoms with Gasteiger partial charge in [0.05, 0.1) is 6.61 Å². The molecule has 1 N–H and O–H groups in total. The molecule has 1 fully saturated rings. The van der Waals surface area contributed by atoms with E-state index in [4.69, 9.17) is 0 Å². The highest BCUT2D eigenvalue weighted by Crippen LogP contribution is 2.41. The molecule has 1 heterocycles. The summed E-state index contributed by atoms with van der Waals surface area (Å²) in [6.45, 7) is 0.950. The fourth-order valence-corrected chi connectivity index (χ4v) is 3.55. The summed E-state index contributed by atoms with van der Waals surface area (Å²) in [5.41, 5.74) is 2.73. The number of aliphatic hydroxyl groups excluding tert-OH is 1. The van der Waals surface area contributed by atoms with Crippen LogP contribution in [0.25, 0.3) is 0 Å². The van der Waals surface area contributed by atoms with Gasteiger partial charge in [0, 0.05) is 18.6 Å². The van der Waals surface area contributed by atoms with Gasteiger partial charge in [-0.05, 0) is 30.4 Å². The van der Waals surface area contributed by atoms with E-state index in [-0.39, 0.29) is 6.61 Å². The van der Waals surface area contributed by atoms with Gasteiger partial charge in [0.25, 0.3) is 0 Å². The van der Waals surface area contributed by atoms with E-state index in [9.17, 15) is 5.11 Å². The maximum Gasteiger partial charge on any atom is 0.0558 e. The number of β-amino-alcohol motifs (C(OH)–C–C–N with tert-alkyl or cyclic N) is 1. The third-order valence-corrected chi connectivity index (χ3v) is 4.48. The first-order chi connectivity index (χ1) is 10.4. The van der Waals surface area contributed by atoms with Crippen molar-refractivity contribution in [1.29, 1.82) is 0 Å². The topological polar surface area (TPSA) is 23.5 Å². The Hall–Kier alpha value is -1.64. The number of benzene rings is 2. The molecular formula is C19H23NO. The molecule has 0 amide bonds. The van der Waals surface area contributed by atoms with Crippen molar-refractivity contribution >= 4 is 0 Å². The fourth-order valence-electron chi connectivity index (χ4n) is 3.55. The van der Waals surface area contributed by atoms with Crippen molar-refractivity contribution in [3.05, 3.63) is 71.8 Å². The second-order valence-corrected chi connectivity index (χ2v) is 5.75. The van der Waals surface area contributed by atoms with E-state index in [1.807, 2.05) is 0 Å². The number of piperidine rings is 1. The van der Waals surface area contributed by atoms with Gasteiger partial charge in [-0.15, -0.1) is 0 Å². The first-order valence-electron chi connectivity index (χ1n) is 7.86. The Morgan fingerprint density at radius 2 is 1.29 bits per heavy atom. The van der Waals surface area contributed by atoms with Crippen LogP contribution in [-0.4, -0.2) is 23.2 Å². The van der Waals surface area contributed by atoms with Gasteiger partial charge in [-0.3, -0.25) is 4.90 Å². The molecule has 0 spiro atoms. The Kier molecular flexibility index (Phi) is 4.69. The third kappa shape index (κ3) is 3.17. The lowest BCUT2D eigenvalue weighted by molar-refractivity contribution is 0.0616. The lowest BCUT2D eigenvalue weighted by atomic mass is 9.87. The van der Waals surface area contributed by atoms with Crippen LogP contribution in [0.15, 0.2) is 60.7 Å². The van der Waals surface area contributed by atoms with Crippen LogP contribution < -0.4 is 0 Å². The van der Waals surface area contributed by atoms with Crippen molar-refractivity contribution < 1.29 is 5.11 Å². The second kappa shape index (κ2) is 6.88. The van der Waals surface area contributed by atoms with Crippen LogP contribution >= 0.6 is 0 Å². The number of hydrogen-bond donors (Lipinski definition) is 1. The first kappa shape index (κ1) is 14.3. The van der Waals surface area contributed by atoms with Crippen LogP contribution in [-0.2, 0) is 0 Å². The quantitative estimate of drug-likeness (QED) is 0.917. The van der Waals surface area contributed by atoms with Gasteiger partial charge in [-0.1, -0.05) is 60.7 Å². The molecule has 110 valence electrons. The van der Waals surface area contributed by atoms with E-state index in [0.717, 1.165) is 6.54 Å². The highest BCUT2D eigenvalue weighted by molar-refractivity contribution is 5.24. The maximum absolute atomic E-state index is 9.51. The van der Waals surface area contributed by atoms with Gasteiger partial charge >= 0.3 is 0 Å². The van der Waals surface area contributed by atoms with Crippen molar-refractivity contribution in [2.24, 2.45) is 0 Å². The van der Waals surface area contributed by atoms with Crippen molar-refractivity contribution in [3.8, 4) is 0 Å². The fraction of sp³-hybridized carbons (Fsp3) is 0.368. The molecule has 1 aliphatic heterocycles. The SMILES string of the molecule is OCCN1[C@@H](c2ccccc2)CCC[C@@H]1c1ccccc1. The van der Waals surface area contributed by atoms with Crippen molar-refractivity contribution in [3.63, 3.8) is 0 Å². The van der Waals surface area contributed by atoms with Crippen LogP contribution in [0.5, 0.6) is 0 Å². The Morgan fingerprint density at radius 1 is 0.810 bits per heavy atom. The Balaban J connectivity index is 1.90. The van der Waals surface area contributed by atoms with E-state index < -0.39 is 0 Å². The summed E-state index contributed by atoms with van der Waals surface area (Å²) in [6, 6.07) is 22.2. The summed E-state index contributed by atoms with van der Waals surface area (Å²) >= 11 is 0. The zero-order chi connectivity index (χ0) is 14.5. The highest BCUT2D eigenvalue weighted by atomic mass is 16.3. The molecule has 2 aromatic rings. The first-order valence-corrected chi connectivity index (χ1v) is 7.86. The van der Waals surface area contributed by atoms with Crippen molar-refractivity contribution in [1.82, 2.24) is 4.90 Å². The molecule has 2 atom stereocenters. The van der Waals surface area contributed by atoms with Gasteiger partial charge in [-0.2, -0.15) is 0 Å². The Bertz CT molecular complexity index is 493. The van der Waals surface area contributed by atoms with Gasteiger partial charge in [0.2, 0.25) is 0 Å². The van der Waals surface area contributed by atoms with Crippen LogP contribution in [0.4, 0.5) is 0 Å². The molecule has 0 unspecified atom stereocenters. The normalized spacial score (nSPS) is 23.1. The van der Waals surface area contributed by atoms with E-state index in [1.54, 1.807) is 0 Å². The predicted octanol–water partition coefficient (Wildman–Crippen LogP) is 3.95. The van der Waals surface area contributed by atoms with Gasteiger partial charge in [0.15, 0.2) is 0 Å². The summed E-state index contributed by atoms with van der Waals surface area (Å²) in [6.07, 6.45) is 3.59. The zero-order valence-corrected chi connectivity index (χ0v) is 12.4. The predicted molar refractivity (Wildman–Crippen MR) is 86.0 cm³/mol. The summed E-state index contributed by atoms with van der Waals surface area (Å²) in [5.74, 6) is 0. The minimum absolute atomic E-state index is 0.215.